The topological polar surface area (TPSA) is 60.9 Å². The molecule has 0 N–H and O–H groups in total. The molecule has 174 valence electrons. The van der Waals surface area contributed by atoms with Crippen molar-refractivity contribution in [2.75, 3.05) is 27.9 Å². The standard InChI is InChI=1S/C27H26N2O4S/c1-31-23-14-17(15-24(32-2)26(23)33-3)21-16-19(18-8-4-5-9-20(18)28-21)27(30)29-12-6-10-22(29)25-11-7-13-34-25/h4-5,7-9,11,13-16,22H,6,10,12H2,1-3H3. The molecule has 1 atom stereocenters. The quantitative estimate of drug-likeness (QED) is 0.345. The van der Waals surface area contributed by atoms with E-state index in [-0.39, 0.29) is 11.9 Å². The normalized spacial score (nSPS) is 15.5. The zero-order valence-corrected chi connectivity index (χ0v) is 20.2. The molecule has 7 heteroatoms. The lowest BCUT2D eigenvalue weighted by Crippen LogP contribution is -2.30. The molecule has 6 nitrogen and oxygen atoms in total. The molecule has 3 heterocycles. The third-order valence-corrected chi connectivity index (χ3v) is 7.27. The number of methoxy groups -OCH3 is 3. The van der Waals surface area contributed by atoms with E-state index in [1.807, 2.05) is 53.4 Å². The van der Waals surface area contributed by atoms with Gasteiger partial charge in [-0.05, 0) is 48.6 Å². The van der Waals surface area contributed by atoms with E-state index in [9.17, 15) is 4.79 Å². The van der Waals surface area contributed by atoms with Crippen molar-refractivity contribution in [3.63, 3.8) is 0 Å². The molecule has 34 heavy (non-hydrogen) atoms. The molecule has 0 saturated carbocycles. The van der Waals surface area contributed by atoms with E-state index in [0.717, 1.165) is 35.9 Å². The fourth-order valence-corrected chi connectivity index (χ4v) is 5.54. The predicted octanol–water partition coefficient (Wildman–Crippen LogP) is 5.97. The molecule has 1 aliphatic rings. The van der Waals surface area contributed by atoms with Crippen LogP contribution >= 0.6 is 11.3 Å². The Morgan fingerprint density at radius 2 is 1.76 bits per heavy atom. The first-order chi connectivity index (χ1) is 16.6. The van der Waals surface area contributed by atoms with Gasteiger partial charge in [0.1, 0.15) is 0 Å². The van der Waals surface area contributed by atoms with E-state index in [4.69, 9.17) is 19.2 Å². The van der Waals surface area contributed by atoms with Crippen LogP contribution in [0.25, 0.3) is 22.2 Å². The number of aromatic nitrogens is 1. The molecule has 0 spiro atoms. The van der Waals surface area contributed by atoms with Crippen LogP contribution in [-0.2, 0) is 0 Å². The zero-order chi connectivity index (χ0) is 23.7. The fraction of sp³-hybridized carbons (Fsp3) is 0.259. The monoisotopic (exact) mass is 474 g/mol. The second-order valence-electron chi connectivity index (χ2n) is 8.16. The van der Waals surface area contributed by atoms with Gasteiger partial charge in [0.2, 0.25) is 5.75 Å². The van der Waals surface area contributed by atoms with Gasteiger partial charge < -0.3 is 19.1 Å². The van der Waals surface area contributed by atoms with E-state index >= 15 is 0 Å². The third-order valence-electron chi connectivity index (χ3n) is 6.29. The Labute approximate surface area is 202 Å². The van der Waals surface area contributed by atoms with E-state index in [2.05, 4.69) is 11.4 Å². The molecule has 1 amide bonds. The van der Waals surface area contributed by atoms with Crippen LogP contribution in [0.2, 0.25) is 0 Å². The van der Waals surface area contributed by atoms with E-state index in [1.165, 1.54) is 4.88 Å². The molecule has 1 aliphatic heterocycles. The lowest BCUT2D eigenvalue weighted by Gasteiger charge is -2.25. The number of hydrogen-bond acceptors (Lipinski definition) is 6. The number of rotatable bonds is 6. The number of benzene rings is 2. The minimum absolute atomic E-state index is 0.0307. The van der Waals surface area contributed by atoms with Crippen LogP contribution in [0.5, 0.6) is 17.2 Å². The number of carbonyl (C=O) groups excluding carboxylic acids is 1. The number of pyridine rings is 1. The number of fused-ring (bicyclic) bond motifs is 1. The summed E-state index contributed by atoms with van der Waals surface area (Å²) in [6, 6.07) is 17.7. The summed E-state index contributed by atoms with van der Waals surface area (Å²) in [5.74, 6) is 1.62. The Morgan fingerprint density at radius 3 is 2.44 bits per heavy atom. The number of nitrogens with zero attached hydrogens (tertiary/aromatic N) is 2. The first kappa shape index (κ1) is 22.2. The summed E-state index contributed by atoms with van der Waals surface area (Å²) in [5, 5.41) is 2.92. The van der Waals surface area contributed by atoms with Gasteiger partial charge in [-0.25, -0.2) is 4.98 Å². The number of hydrogen-bond donors (Lipinski definition) is 0. The van der Waals surface area contributed by atoms with Crippen LogP contribution in [0, 0.1) is 0 Å². The smallest absolute Gasteiger partial charge is 0.255 e. The highest BCUT2D eigenvalue weighted by Crippen LogP contribution is 2.42. The Balaban J connectivity index is 1.64. The summed E-state index contributed by atoms with van der Waals surface area (Å²) >= 11 is 1.71. The van der Waals surface area contributed by atoms with Crippen LogP contribution < -0.4 is 14.2 Å². The average Bonchev–Trinajstić information content (AvgIpc) is 3.58. The second kappa shape index (κ2) is 9.35. The van der Waals surface area contributed by atoms with Gasteiger partial charge in [0, 0.05) is 22.4 Å². The Kier molecular flexibility index (Phi) is 6.11. The van der Waals surface area contributed by atoms with Gasteiger partial charge in [-0.3, -0.25) is 4.79 Å². The van der Waals surface area contributed by atoms with Crippen molar-refractivity contribution in [2.45, 2.75) is 18.9 Å². The van der Waals surface area contributed by atoms with Gasteiger partial charge in [0.25, 0.3) is 5.91 Å². The van der Waals surface area contributed by atoms with Crippen molar-refractivity contribution in [1.29, 1.82) is 0 Å². The highest BCUT2D eigenvalue weighted by molar-refractivity contribution is 7.10. The zero-order valence-electron chi connectivity index (χ0n) is 19.4. The summed E-state index contributed by atoms with van der Waals surface area (Å²) < 4.78 is 16.5. The average molecular weight is 475 g/mol. The SMILES string of the molecule is COc1cc(-c2cc(C(=O)N3CCCC3c3cccs3)c3ccccc3n2)cc(OC)c1OC. The summed E-state index contributed by atoms with van der Waals surface area (Å²) in [5.41, 5.74) is 2.88. The van der Waals surface area contributed by atoms with Crippen molar-refractivity contribution in [3.05, 3.63) is 70.4 Å². The van der Waals surface area contributed by atoms with Gasteiger partial charge in [-0.2, -0.15) is 0 Å². The molecule has 0 aliphatic carbocycles. The van der Waals surface area contributed by atoms with Gasteiger partial charge in [-0.15, -0.1) is 11.3 Å². The van der Waals surface area contributed by atoms with E-state index < -0.39 is 0 Å². The van der Waals surface area contributed by atoms with Crippen LogP contribution in [0.15, 0.2) is 60.0 Å². The number of amides is 1. The molecule has 1 fully saturated rings. The van der Waals surface area contributed by atoms with Crippen molar-refractivity contribution in [3.8, 4) is 28.5 Å². The van der Waals surface area contributed by atoms with E-state index in [1.54, 1.807) is 32.7 Å². The van der Waals surface area contributed by atoms with E-state index in [0.29, 0.717) is 28.5 Å². The minimum Gasteiger partial charge on any atom is -0.493 e. The van der Waals surface area contributed by atoms with Crippen molar-refractivity contribution < 1.29 is 19.0 Å². The van der Waals surface area contributed by atoms with Crippen LogP contribution in [0.1, 0.15) is 34.1 Å². The Bertz CT molecular complexity index is 1310. The third kappa shape index (κ3) is 3.86. The van der Waals surface area contributed by atoms with Crippen LogP contribution in [0.3, 0.4) is 0 Å². The molecule has 2 aromatic heterocycles. The number of para-hydroxylation sites is 1. The van der Waals surface area contributed by atoms with Gasteiger partial charge >= 0.3 is 0 Å². The molecule has 2 aromatic carbocycles. The fourth-order valence-electron chi connectivity index (χ4n) is 4.67. The minimum atomic E-state index is 0.0307. The Hall–Kier alpha value is -3.58. The second-order valence-corrected chi connectivity index (χ2v) is 9.14. The van der Waals surface area contributed by atoms with Crippen LogP contribution in [0.4, 0.5) is 0 Å². The molecular formula is C27H26N2O4S. The first-order valence-electron chi connectivity index (χ1n) is 11.2. The summed E-state index contributed by atoms with van der Waals surface area (Å²) in [4.78, 5) is 22.0. The molecule has 1 saturated heterocycles. The summed E-state index contributed by atoms with van der Waals surface area (Å²) in [7, 11) is 4.75. The lowest BCUT2D eigenvalue weighted by molar-refractivity contribution is 0.0740. The molecule has 0 radical (unpaired) electrons. The highest BCUT2D eigenvalue weighted by atomic mass is 32.1. The number of carbonyl (C=O) groups is 1. The molecular weight excluding hydrogens is 448 g/mol. The number of ether oxygens (including phenoxy) is 3. The molecule has 1 unspecified atom stereocenters. The van der Waals surface area contributed by atoms with Crippen LogP contribution in [-0.4, -0.2) is 43.7 Å². The number of thiophene rings is 1. The maximum atomic E-state index is 13.9. The summed E-state index contributed by atoms with van der Waals surface area (Å²) in [6.45, 7) is 0.748. The lowest BCUT2D eigenvalue weighted by atomic mass is 10.0. The van der Waals surface area contributed by atoms with Crippen molar-refractivity contribution >= 4 is 28.1 Å². The largest absolute Gasteiger partial charge is 0.493 e. The molecule has 4 aromatic rings. The molecule has 0 bridgehead atoms. The maximum absolute atomic E-state index is 13.9. The van der Waals surface area contributed by atoms with Crippen molar-refractivity contribution in [2.24, 2.45) is 0 Å². The number of likely N-dealkylation sites (tertiary alicyclic amines) is 1. The predicted molar refractivity (Wildman–Crippen MR) is 134 cm³/mol. The highest BCUT2D eigenvalue weighted by Gasteiger charge is 2.32. The summed E-state index contributed by atoms with van der Waals surface area (Å²) in [6.07, 6.45) is 1.98. The van der Waals surface area contributed by atoms with Gasteiger partial charge in [0.05, 0.1) is 44.1 Å². The van der Waals surface area contributed by atoms with Gasteiger partial charge in [0.15, 0.2) is 11.5 Å². The maximum Gasteiger partial charge on any atom is 0.255 e. The Morgan fingerprint density at radius 1 is 1.00 bits per heavy atom. The first-order valence-corrected chi connectivity index (χ1v) is 12.1. The van der Waals surface area contributed by atoms with Crippen molar-refractivity contribution in [1.82, 2.24) is 9.88 Å². The molecule has 5 rings (SSSR count). The van der Waals surface area contributed by atoms with Gasteiger partial charge in [-0.1, -0.05) is 24.3 Å².